The molecule has 1 N–H and O–H groups in total. The van der Waals surface area contributed by atoms with Crippen LogP contribution in [0.25, 0.3) is 5.76 Å². The van der Waals surface area contributed by atoms with Crippen LogP contribution in [-0.4, -0.2) is 39.8 Å². The summed E-state index contributed by atoms with van der Waals surface area (Å²) in [6.07, 6.45) is 6.52. The molecule has 2 heterocycles. The van der Waals surface area contributed by atoms with Gasteiger partial charge >= 0.3 is 0 Å². The van der Waals surface area contributed by atoms with E-state index in [0.717, 1.165) is 37.7 Å². The van der Waals surface area contributed by atoms with Crippen molar-refractivity contribution in [3.63, 3.8) is 0 Å². The van der Waals surface area contributed by atoms with Crippen LogP contribution in [0.3, 0.4) is 0 Å². The Kier molecular flexibility index (Phi) is 5.57. The SMILES string of the molecule is COc1ccc(C)cc1/C(O)=C1\C(=O)C(=O)N(C2CCCCC2)C1c1ccccn1. The number of hydrogen-bond donors (Lipinski definition) is 1. The number of ketones is 1. The molecule has 2 fully saturated rings. The van der Waals surface area contributed by atoms with Crippen LogP contribution in [0.5, 0.6) is 5.75 Å². The van der Waals surface area contributed by atoms with Crippen LogP contribution in [0.2, 0.25) is 0 Å². The number of aromatic nitrogens is 1. The van der Waals surface area contributed by atoms with Crippen molar-refractivity contribution in [1.29, 1.82) is 0 Å². The lowest BCUT2D eigenvalue weighted by Crippen LogP contribution is -2.40. The number of rotatable bonds is 4. The van der Waals surface area contributed by atoms with Crippen LogP contribution in [0.1, 0.15) is 55.0 Å². The average Bonchev–Trinajstić information content (AvgIpc) is 3.05. The first-order chi connectivity index (χ1) is 14.5. The minimum Gasteiger partial charge on any atom is -0.507 e. The maximum Gasteiger partial charge on any atom is 0.295 e. The van der Waals surface area contributed by atoms with Crippen LogP contribution in [0, 0.1) is 6.92 Å². The third kappa shape index (κ3) is 3.47. The monoisotopic (exact) mass is 406 g/mol. The van der Waals surface area contributed by atoms with Crippen molar-refractivity contribution >= 4 is 17.4 Å². The lowest BCUT2D eigenvalue weighted by molar-refractivity contribution is -0.141. The van der Waals surface area contributed by atoms with Crippen LogP contribution in [-0.2, 0) is 9.59 Å². The van der Waals surface area contributed by atoms with Crippen LogP contribution in [0.15, 0.2) is 48.2 Å². The minimum atomic E-state index is -0.709. The summed E-state index contributed by atoms with van der Waals surface area (Å²) in [6, 6.07) is 10.1. The standard InChI is InChI=1S/C24H26N2O4/c1-15-11-12-19(30-2)17(14-15)22(27)20-21(18-10-6-7-13-25-18)26(24(29)23(20)28)16-8-4-3-5-9-16/h6-7,10-14,16,21,27H,3-5,8-9H2,1-2H3/b22-20+. The molecular formula is C24H26N2O4. The van der Waals surface area contributed by atoms with Gasteiger partial charge < -0.3 is 14.7 Å². The number of likely N-dealkylation sites (tertiary alicyclic amines) is 1. The van der Waals surface area contributed by atoms with E-state index in [1.165, 1.54) is 7.11 Å². The number of amides is 1. The zero-order valence-corrected chi connectivity index (χ0v) is 17.3. The highest BCUT2D eigenvalue weighted by molar-refractivity contribution is 6.46. The Morgan fingerprint density at radius 3 is 2.57 bits per heavy atom. The topological polar surface area (TPSA) is 79.7 Å². The molecule has 2 aliphatic rings. The Labute approximate surface area is 176 Å². The van der Waals surface area contributed by atoms with Crippen molar-refractivity contribution in [1.82, 2.24) is 9.88 Å². The molecule has 6 heteroatoms. The van der Waals surface area contributed by atoms with Gasteiger partial charge in [0.25, 0.3) is 11.7 Å². The largest absolute Gasteiger partial charge is 0.507 e. The molecule has 1 saturated carbocycles. The normalized spacial score (nSPS) is 21.8. The van der Waals surface area contributed by atoms with Gasteiger partial charge in [-0.2, -0.15) is 0 Å². The minimum absolute atomic E-state index is 0.0353. The van der Waals surface area contributed by atoms with E-state index in [2.05, 4.69) is 4.98 Å². The second-order valence-corrected chi connectivity index (χ2v) is 7.96. The smallest absolute Gasteiger partial charge is 0.295 e. The van der Waals surface area contributed by atoms with E-state index in [0.29, 0.717) is 17.0 Å². The number of benzene rings is 1. The number of carbonyl (C=O) groups excluding carboxylic acids is 2. The molecule has 2 aromatic rings. The first-order valence-corrected chi connectivity index (χ1v) is 10.4. The van der Waals surface area contributed by atoms with E-state index < -0.39 is 17.7 Å². The zero-order valence-electron chi connectivity index (χ0n) is 17.3. The van der Waals surface area contributed by atoms with Crippen molar-refractivity contribution in [2.24, 2.45) is 0 Å². The Morgan fingerprint density at radius 1 is 1.13 bits per heavy atom. The van der Waals surface area contributed by atoms with Gasteiger partial charge in [-0.1, -0.05) is 37.0 Å². The van der Waals surface area contributed by atoms with Gasteiger partial charge in [0.05, 0.1) is 23.9 Å². The molecule has 6 nitrogen and oxygen atoms in total. The van der Waals surface area contributed by atoms with Crippen molar-refractivity contribution in [3.05, 3.63) is 65.0 Å². The first-order valence-electron chi connectivity index (χ1n) is 10.4. The van der Waals surface area contributed by atoms with E-state index in [4.69, 9.17) is 4.74 Å². The molecule has 1 atom stereocenters. The maximum absolute atomic E-state index is 13.2. The highest BCUT2D eigenvalue weighted by Crippen LogP contribution is 2.43. The molecule has 4 rings (SSSR count). The molecular weight excluding hydrogens is 380 g/mol. The van der Waals surface area contributed by atoms with Crippen molar-refractivity contribution in [2.75, 3.05) is 7.11 Å². The van der Waals surface area contributed by atoms with E-state index in [1.54, 1.807) is 35.4 Å². The number of aliphatic hydroxyl groups excluding tert-OH is 1. The summed E-state index contributed by atoms with van der Waals surface area (Å²) in [6.45, 7) is 1.90. The number of aryl methyl sites for hydroxylation is 1. The number of pyridine rings is 1. The third-order valence-electron chi connectivity index (χ3n) is 6.03. The van der Waals surface area contributed by atoms with Gasteiger partial charge in [-0.15, -0.1) is 0 Å². The highest BCUT2D eigenvalue weighted by Gasteiger charge is 2.49. The van der Waals surface area contributed by atoms with E-state index in [-0.39, 0.29) is 17.4 Å². The summed E-state index contributed by atoms with van der Waals surface area (Å²) in [5.41, 5.74) is 1.97. The first kappa shape index (κ1) is 20.1. The van der Waals surface area contributed by atoms with Gasteiger partial charge in [0.2, 0.25) is 0 Å². The van der Waals surface area contributed by atoms with Gasteiger partial charge in [-0.3, -0.25) is 14.6 Å². The van der Waals surface area contributed by atoms with Crippen molar-refractivity contribution in [3.8, 4) is 5.75 Å². The van der Waals surface area contributed by atoms with E-state index >= 15 is 0 Å². The van der Waals surface area contributed by atoms with Crippen LogP contribution >= 0.6 is 0 Å². The molecule has 0 spiro atoms. The molecule has 1 aliphatic carbocycles. The fourth-order valence-electron chi connectivity index (χ4n) is 4.57. The molecule has 1 saturated heterocycles. The predicted octanol–water partition coefficient (Wildman–Crippen LogP) is 4.15. The van der Waals surface area contributed by atoms with Crippen LogP contribution in [0.4, 0.5) is 0 Å². The molecule has 1 aromatic carbocycles. The van der Waals surface area contributed by atoms with Gasteiger partial charge in [-0.05, 0) is 44.0 Å². The summed E-state index contributed by atoms with van der Waals surface area (Å²) >= 11 is 0. The third-order valence-corrected chi connectivity index (χ3v) is 6.03. The lowest BCUT2D eigenvalue weighted by Gasteiger charge is -2.35. The molecule has 0 bridgehead atoms. The number of methoxy groups -OCH3 is 1. The Hall–Kier alpha value is -3.15. The Bertz CT molecular complexity index is 994. The maximum atomic E-state index is 13.2. The summed E-state index contributed by atoms with van der Waals surface area (Å²) in [4.78, 5) is 32.4. The molecule has 30 heavy (non-hydrogen) atoms. The second kappa shape index (κ2) is 8.30. The number of hydrogen-bond acceptors (Lipinski definition) is 5. The van der Waals surface area contributed by atoms with Gasteiger partial charge in [0, 0.05) is 12.2 Å². The predicted molar refractivity (Wildman–Crippen MR) is 113 cm³/mol. The molecule has 1 aromatic heterocycles. The number of carbonyl (C=O) groups is 2. The molecule has 1 aliphatic heterocycles. The summed E-state index contributed by atoms with van der Waals surface area (Å²) in [5.74, 6) is -1.01. The summed E-state index contributed by atoms with van der Waals surface area (Å²) in [7, 11) is 1.51. The van der Waals surface area contributed by atoms with Crippen molar-refractivity contribution in [2.45, 2.75) is 51.1 Å². The quantitative estimate of drug-likeness (QED) is 0.469. The molecule has 0 radical (unpaired) electrons. The van der Waals surface area contributed by atoms with E-state index in [1.807, 2.05) is 19.1 Å². The fourth-order valence-corrected chi connectivity index (χ4v) is 4.57. The summed E-state index contributed by atoms with van der Waals surface area (Å²) < 4.78 is 5.41. The van der Waals surface area contributed by atoms with Crippen molar-refractivity contribution < 1.29 is 19.4 Å². The van der Waals surface area contributed by atoms with Gasteiger partial charge in [-0.25, -0.2) is 0 Å². The highest BCUT2D eigenvalue weighted by atomic mass is 16.5. The summed E-state index contributed by atoms with van der Waals surface area (Å²) in [5, 5.41) is 11.3. The van der Waals surface area contributed by atoms with Gasteiger partial charge in [0.1, 0.15) is 17.6 Å². The number of aliphatic hydroxyl groups is 1. The average molecular weight is 406 g/mol. The number of ether oxygens (including phenoxy) is 1. The second-order valence-electron chi connectivity index (χ2n) is 7.96. The fraction of sp³-hybridized carbons (Fsp3) is 0.375. The van der Waals surface area contributed by atoms with E-state index in [9.17, 15) is 14.7 Å². The number of nitrogens with zero attached hydrogens (tertiary/aromatic N) is 2. The van der Waals surface area contributed by atoms with Crippen LogP contribution < -0.4 is 4.74 Å². The Morgan fingerprint density at radius 2 is 1.90 bits per heavy atom. The Balaban J connectivity index is 1.91. The molecule has 1 amide bonds. The van der Waals surface area contributed by atoms with Gasteiger partial charge in [0.15, 0.2) is 0 Å². The number of Topliss-reactive ketones (excluding diaryl/α,β-unsaturated/α-hetero) is 1. The zero-order chi connectivity index (χ0) is 21.3. The lowest BCUT2D eigenvalue weighted by atomic mass is 9.92. The molecule has 1 unspecified atom stereocenters. The molecule has 156 valence electrons.